The van der Waals surface area contributed by atoms with E-state index in [1.165, 1.54) is 24.0 Å². The zero-order valence-electron chi connectivity index (χ0n) is 11.4. The summed E-state index contributed by atoms with van der Waals surface area (Å²) in [5, 5.41) is 3.42. The van der Waals surface area contributed by atoms with E-state index in [4.69, 9.17) is 4.74 Å². The Bertz CT molecular complexity index is 411. The second-order valence-corrected chi connectivity index (χ2v) is 6.18. The average molecular weight is 312 g/mol. The Hall–Kier alpha value is -0.540. The van der Waals surface area contributed by atoms with Gasteiger partial charge in [-0.3, -0.25) is 0 Å². The molecule has 18 heavy (non-hydrogen) atoms. The zero-order chi connectivity index (χ0) is 13.1. The lowest BCUT2D eigenvalue weighted by Crippen LogP contribution is -2.27. The molecule has 0 amide bonds. The summed E-state index contributed by atoms with van der Waals surface area (Å²) in [6.07, 6.45) is 2.66. The Morgan fingerprint density at radius 3 is 2.56 bits per heavy atom. The Balaban J connectivity index is 2.28. The van der Waals surface area contributed by atoms with E-state index in [2.05, 4.69) is 54.2 Å². The maximum Gasteiger partial charge on any atom is 0.134 e. The van der Waals surface area contributed by atoms with Crippen molar-refractivity contribution < 1.29 is 4.74 Å². The quantitative estimate of drug-likeness (QED) is 0.910. The monoisotopic (exact) mass is 311 g/mol. The molecule has 0 spiro atoms. The number of nitrogens with one attached hydrogen (secondary N) is 1. The largest absolute Gasteiger partial charge is 0.490 e. The number of benzene rings is 1. The predicted octanol–water partition coefficient (Wildman–Crippen LogP) is 4.01. The summed E-state index contributed by atoms with van der Waals surface area (Å²) in [4.78, 5) is 0. The van der Waals surface area contributed by atoms with Crippen LogP contribution in [0.2, 0.25) is 0 Å². The normalized spacial score (nSPS) is 17.2. The number of hydrogen-bond acceptors (Lipinski definition) is 2. The second kappa shape index (κ2) is 6.07. The number of piperidine rings is 1. The van der Waals surface area contributed by atoms with E-state index in [0.717, 1.165) is 23.3 Å². The van der Waals surface area contributed by atoms with Crippen molar-refractivity contribution in [2.75, 3.05) is 13.1 Å². The van der Waals surface area contributed by atoms with Gasteiger partial charge in [0, 0.05) is 0 Å². The van der Waals surface area contributed by atoms with Gasteiger partial charge in [-0.1, -0.05) is 0 Å². The van der Waals surface area contributed by atoms with Crippen molar-refractivity contribution in [1.82, 2.24) is 5.32 Å². The molecule has 0 unspecified atom stereocenters. The minimum atomic E-state index is 0.213. The molecule has 2 nitrogen and oxygen atoms in total. The highest BCUT2D eigenvalue weighted by molar-refractivity contribution is 9.10. The van der Waals surface area contributed by atoms with Gasteiger partial charge in [-0.15, -0.1) is 0 Å². The second-order valence-electron chi connectivity index (χ2n) is 5.33. The third-order valence-corrected chi connectivity index (χ3v) is 4.08. The van der Waals surface area contributed by atoms with Crippen molar-refractivity contribution in [2.24, 2.45) is 0 Å². The molecule has 2 rings (SSSR count). The maximum atomic E-state index is 5.87. The van der Waals surface area contributed by atoms with Crippen LogP contribution in [0.3, 0.4) is 0 Å². The summed E-state index contributed by atoms with van der Waals surface area (Å²) in [6, 6.07) is 4.42. The van der Waals surface area contributed by atoms with Gasteiger partial charge in [-0.2, -0.15) is 0 Å². The summed E-state index contributed by atoms with van der Waals surface area (Å²) in [5.74, 6) is 1.65. The molecule has 0 atom stereocenters. The summed E-state index contributed by atoms with van der Waals surface area (Å²) in [5.41, 5.74) is 2.82. The number of hydrogen-bond donors (Lipinski definition) is 1. The van der Waals surface area contributed by atoms with Gasteiger partial charge in [0.25, 0.3) is 0 Å². The van der Waals surface area contributed by atoms with Crippen LogP contribution < -0.4 is 10.1 Å². The smallest absolute Gasteiger partial charge is 0.134 e. The first-order chi connectivity index (χ1) is 8.58. The fourth-order valence-corrected chi connectivity index (χ4v) is 3.14. The zero-order valence-corrected chi connectivity index (χ0v) is 13.0. The molecule has 0 bridgehead atoms. The summed E-state index contributed by atoms with van der Waals surface area (Å²) >= 11 is 3.60. The van der Waals surface area contributed by atoms with Crippen LogP contribution in [0.5, 0.6) is 5.75 Å². The standard InChI is InChI=1S/C15H22BrNO/c1-10(2)18-15-9-13(11(3)8-14(15)16)12-4-6-17-7-5-12/h8-10,12,17H,4-7H2,1-3H3. The molecule has 1 N–H and O–H groups in total. The minimum absolute atomic E-state index is 0.213. The molecule has 1 aromatic carbocycles. The third-order valence-electron chi connectivity index (χ3n) is 3.46. The molecule has 1 aliphatic rings. The molecule has 1 aliphatic heterocycles. The van der Waals surface area contributed by atoms with Crippen LogP contribution in [-0.4, -0.2) is 19.2 Å². The van der Waals surface area contributed by atoms with E-state index >= 15 is 0 Å². The highest BCUT2D eigenvalue weighted by Crippen LogP contribution is 2.35. The highest BCUT2D eigenvalue weighted by Gasteiger charge is 2.19. The molecule has 100 valence electrons. The Morgan fingerprint density at radius 2 is 1.94 bits per heavy atom. The van der Waals surface area contributed by atoms with Crippen molar-refractivity contribution in [3.05, 3.63) is 27.7 Å². The van der Waals surface area contributed by atoms with Gasteiger partial charge in [0.05, 0.1) is 10.6 Å². The number of halogens is 1. The van der Waals surface area contributed by atoms with Gasteiger partial charge in [0.2, 0.25) is 0 Å². The van der Waals surface area contributed by atoms with E-state index in [-0.39, 0.29) is 6.10 Å². The summed E-state index contributed by atoms with van der Waals surface area (Å²) in [7, 11) is 0. The van der Waals surface area contributed by atoms with Gasteiger partial charge in [-0.05, 0) is 91.8 Å². The van der Waals surface area contributed by atoms with Gasteiger partial charge in [0.1, 0.15) is 5.75 Å². The Kier molecular flexibility index (Phi) is 4.68. The van der Waals surface area contributed by atoms with Crippen molar-refractivity contribution >= 4 is 15.9 Å². The van der Waals surface area contributed by atoms with E-state index in [1.807, 2.05) is 0 Å². The van der Waals surface area contributed by atoms with Crippen molar-refractivity contribution in [3.8, 4) is 5.75 Å². The number of ether oxygens (including phenoxy) is 1. The Labute approximate surface area is 118 Å². The molecule has 1 aromatic rings. The van der Waals surface area contributed by atoms with Gasteiger partial charge >= 0.3 is 0 Å². The van der Waals surface area contributed by atoms with Gasteiger partial charge in [0.15, 0.2) is 0 Å². The number of aryl methyl sites for hydroxylation is 1. The fourth-order valence-electron chi connectivity index (χ4n) is 2.59. The molecular weight excluding hydrogens is 290 g/mol. The lowest BCUT2D eigenvalue weighted by Gasteiger charge is -2.25. The van der Waals surface area contributed by atoms with Crippen LogP contribution >= 0.6 is 15.9 Å². The van der Waals surface area contributed by atoms with Crippen LogP contribution in [-0.2, 0) is 0 Å². The highest BCUT2D eigenvalue weighted by atomic mass is 79.9. The SMILES string of the molecule is Cc1cc(Br)c(OC(C)C)cc1C1CCNCC1. The number of rotatable bonds is 3. The fraction of sp³-hybridized carbons (Fsp3) is 0.600. The minimum Gasteiger partial charge on any atom is -0.490 e. The molecule has 3 heteroatoms. The molecule has 0 aliphatic carbocycles. The maximum absolute atomic E-state index is 5.87. The van der Waals surface area contributed by atoms with Crippen LogP contribution in [0.25, 0.3) is 0 Å². The summed E-state index contributed by atoms with van der Waals surface area (Å²) < 4.78 is 6.93. The first-order valence-electron chi connectivity index (χ1n) is 6.75. The van der Waals surface area contributed by atoms with Crippen molar-refractivity contribution in [1.29, 1.82) is 0 Å². The molecule has 1 heterocycles. The molecule has 0 radical (unpaired) electrons. The van der Waals surface area contributed by atoms with Crippen LogP contribution in [0.15, 0.2) is 16.6 Å². The predicted molar refractivity (Wildman–Crippen MR) is 79.5 cm³/mol. The van der Waals surface area contributed by atoms with E-state index in [1.54, 1.807) is 0 Å². The van der Waals surface area contributed by atoms with Crippen LogP contribution in [0, 0.1) is 6.92 Å². The molecule has 1 saturated heterocycles. The molecular formula is C15H22BrNO. The molecule has 1 fully saturated rings. The summed E-state index contributed by atoms with van der Waals surface area (Å²) in [6.45, 7) is 8.58. The average Bonchev–Trinajstić information content (AvgIpc) is 2.33. The van der Waals surface area contributed by atoms with Gasteiger partial charge < -0.3 is 10.1 Å². The molecule has 0 saturated carbocycles. The molecule has 0 aromatic heterocycles. The lowest BCUT2D eigenvalue weighted by molar-refractivity contribution is 0.240. The first kappa shape index (κ1) is 13.9. The van der Waals surface area contributed by atoms with Crippen LogP contribution in [0.1, 0.15) is 43.7 Å². The topological polar surface area (TPSA) is 21.3 Å². The Morgan fingerprint density at radius 1 is 1.28 bits per heavy atom. The lowest BCUT2D eigenvalue weighted by atomic mass is 9.87. The first-order valence-corrected chi connectivity index (χ1v) is 7.54. The van der Waals surface area contributed by atoms with E-state index in [9.17, 15) is 0 Å². The van der Waals surface area contributed by atoms with Crippen LogP contribution in [0.4, 0.5) is 0 Å². The van der Waals surface area contributed by atoms with Crippen molar-refractivity contribution in [2.45, 2.75) is 45.6 Å². The van der Waals surface area contributed by atoms with E-state index in [0.29, 0.717) is 5.92 Å². The third kappa shape index (κ3) is 3.27. The van der Waals surface area contributed by atoms with Gasteiger partial charge in [-0.25, -0.2) is 0 Å². The van der Waals surface area contributed by atoms with Crippen molar-refractivity contribution in [3.63, 3.8) is 0 Å². The van der Waals surface area contributed by atoms with E-state index < -0.39 is 0 Å².